The lowest BCUT2D eigenvalue weighted by Gasteiger charge is -2.12. The normalized spacial score (nSPS) is 11.6. The summed E-state index contributed by atoms with van der Waals surface area (Å²) in [5.41, 5.74) is 9.23. The maximum absolute atomic E-state index is 5.08. The first-order chi connectivity index (χ1) is 21.8. The lowest BCUT2D eigenvalue weighted by molar-refractivity contribution is 1.13. The first kappa shape index (κ1) is 24.5. The van der Waals surface area contributed by atoms with Crippen LogP contribution in [-0.4, -0.2) is 24.1 Å². The SMILES string of the molecule is c1ccc(-n2ccc3c4c5ccccc5n(-c5cccc(-c6nc(-c7ccccn7)c7ccccc7n6)c5)c4ccc32)cc1. The molecule has 0 spiro atoms. The minimum atomic E-state index is 0.675. The summed E-state index contributed by atoms with van der Waals surface area (Å²) in [5.74, 6) is 0.675. The van der Waals surface area contributed by atoms with Crippen molar-refractivity contribution < 1.29 is 0 Å². The van der Waals surface area contributed by atoms with Gasteiger partial charge in [-0.25, -0.2) is 9.97 Å². The maximum atomic E-state index is 5.08. The molecule has 0 bridgehead atoms. The second-order valence-corrected chi connectivity index (χ2v) is 10.9. The van der Waals surface area contributed by atoms with E-state index in [0.29, 0.717) is 5.82 Å². The lowest BCUT2D eigenvalue weighted by atomic mass is 10.1. The van der Waals surface area contributed by atoms with E-state index < -0.39 is 0 Å². The van der Waals surface area contributed by atoms with Crippen molar-refractivity contribution in [2.45, 2.75) is 0 Å². The van der Waals surface area contributed by atoms with Crippen LogP contribution in [0.4, 0.5) is 0 Å². The molecule has 5 nitrogen and oxygen atoms in total. The molecule has 4 aromatic heterocycles. The van der Waals surface area contributed by atoms with E-state index in [1.165, 1.54) is 21.7 Å². The molecule has 0 saturated heterocycles. The Balaban J connectivity index is 1.26. The van der Waals surface area contributed by atoms with Gasteiger partial charge in [0.2, 0.25) is 0 Å². The van der Waals surface area contributed by atoms with Gasteiger partial charge in [-0.15, -0.1) is 0 Å². The molecule has 5 heteroatoms. The predicted octanol–water partition coefficient (Wildman–Crippen LogP) is 9.40. The summed E-state index contributed by atoms with van der Waals surface area (Å²) in [6.07, 6.45) is 3.97. The number of hydrogen-bond donors (Lipinski definition) is 0. The highest BCUT2D eigenvalue weighted by atomic mass is 15.0. The van der Waals surface area contributed by atoms with Crippen molar-refractivity contribution in [2.24, 2.45) is 0 Å². The lowest BCUT2D eigenvalue weighted by Crippen LogP contribution is -1.98. The molecular weight excluding hydrogens is 538 g/mol. The number of fused-ring (bicyclic) bond motifs is 6. The number of pyridine rings is 1. The second kappa shape index (κ2) is 9.75. The first-order valence-electron chi connectivity index (χ1n) is 14.7. The van der Waals surface area contributed by atoms with Crippen LogP contribution < -0.4 is 0 Å². The van der Waals surface area contributed by atoms with E-state index in [0.717, 1.165) is 50.3 Å². The van der Waals surface area contributed by atoms with E-state index in [1.54, 1.807) is 6.20 Å². The summed E-state index contributed by atoms with van der Waals surface area (Å²) in [5, 5.41) is 4.69. The van der Waals surface area contributed by atoms with Crippen LogP contribution in [0.25, 0.3) is 77.8 Å². The summed E-state index contributed by atoms with van der Waals surface area (Å²) >= 11 is 0. The quantitative estimate of drug-likeness (QED) is 0.214. The highest BCUT2D eigenvalue weighted by Gasteiger charge is 2.18. The fraction of sp³-hybridized carbons (Fsp3) is 0. The molecule has 0 atom stereocenters. The first-order valence-corrected chi connectivity index (χ1v) is 14.7. The van der Waals surface area contributed by atoms with Gasteiger partial charge in [-0.1, -0.05) is 72.8 Å². The molecule has 206 valence electrons. The number of rotatable bonds is 4. The van der Waals surface area contributed by atoms with E-state index in [2.05, 4.69) is 123 Å². The van der Waals surface area contributed by atoms with Gasteiger partial charge in [-0.2, -0.15) is 0 Å². The smallest absolute Gasteiger partial charge is 0.160 e. The number of nitrogens with zero attached hydrogens (tertiary/aromatic N) is 5. The van der Waals surface area contributed by atoms with E-state index >= 15 is 0 Å². The van der Waals surface area contributed by atoms with Crippen molar-refractivity contribution in [2.75, 3.05) is 0 Å². The van der Waals surface area contributed by atoms with E-state index in [1.807, 2.05) is 36.4 Å². The van der Waals surface area contributed by atoms with Gasteiger partial charge in [-0.3, -0.25) is 4.98 Å². The maximum Gasteiger partial charge on any atom is 0.160 e. The molecule has 4 heterocycles. The Morgan fingerprint density at radius 1 is 0.500 bits per heavy atom. The predicted molar refractivity (Wildman–Crippen MR) is 179 cm³/mol. The Kier molecular flexibility index (Phi) is 5.43. The molecule has 0 unspecified atom stereocenters. The molecule has 0 aliphatic rings. The van der Waals surface area contributed by atoms with Crippen molar-refractivity contribution in [3.05, 3.63) is 152 Å². The molecule has 5 aromatic carbocycles. The van der Waals surface area contributed by atoms with E-state index in [9.17, 15) is 0 Å². The summed E-state index contributed by atoms with van der Waals surface area (Å²) in [7, 11) is 0. The van der Waals surface area contributed by atoms with Crippen LogP contribution in [0.1, 0.15) is 0 Å². The largest absolute Gasteiger partial charge is 0.317 e. The Labute approximate surface area is 253 Å². The fourth-order valence-electron chi connectivity index (χ4n) is 6.46. The summed E-state index contributed by atoms with van der Waals surface area (Å²) in [6, 6.07) is 48.5. The Morgan fingerprint density at radius 2 is 1.25 bits per heavy atom. The molecule has 0 N–H and O–H groups in total. The van der Waals surface area contributed by atoms with Gasteiger partial charge < -0.3 is 9.13 Å². The molecule has 0 amide bonds. The van der Waals surface area contributed by atoms with Crippen LogP contribution in [0, 0.1) is 0 Å². The summed E-state index contributed by atoms with van der Waals surface area (Å²) < 4.78 is 4.62. The van der Waals surface area contributed by atoms with Crippen molar-refractivity contribution in [3.8, 4) is 34.2 Å². The van der Waals surface area contributed by atoms with Gasteiger partial charge in [-0.05, 0) is 66.7 Å². The zero-order valence-corrected chi connectivity index (χ0v) is 23.7. The van der Waals surface area contributed by atoms with Gasteiger partial charge in [0, 0.05) is 50.9 Å². The molecule has 0 radical (unpaired) electrons. The fourth-order valence-corrected chi connectivity index (χ4v) is 6.46. The Bertz CT molecular complexity index is 2490. The third kappa shape index (κ3) is 3.76. The second-order valence-electron chi connectivity index (χ2n) is 10.9. The van der Waals surface area contributed by atoms with Crippen LogP contribution in [0.3, 0.4) is 0 Å². The standard InChI is InChI=1S/C39H25N5/c1-2-12-27(13-3-1)43-24-22-31-34(43)20-21-36-37(31)30-16-5-7-19-35(30)44(36)28-14-10-11-26(25-28)39-41-32-17-6-4-15-29(32)38(42-39)33-18-8-9-23-40-33/h1-25H. The average Bonchev–Trinajstić information content (AvgIpc) is 3.68. The third-order valence-corrected chi connectivity index (χ3v) is 8.41. The molecule has 44 heavy (non-hydrogen) atoms. The average molecular weight is 564 g/mol. The number of para-hydroxylation sites is 3. The van der Waals surface area contributed by atoms with Crippen LogP contribution in [-0.2, 0) is 0 Å². The van der Waals surface area contributed by atoms with Gasteiger partial charge in [0.1, 0.15) is 5.69 Å². The molecule has 9 rings (SSSR count). The third-order valence-electron chi connectivity index (χ3n) is 8.41. The minimum Gasteiger partial charge on any atom is -0.317 e. The zero-order valence-electron chi connectivity index (χ0n) is 23.7. The van der Waals surface area contributed by atoms with Gasteiger partial charge >= 0.3 is 0 Å². The molecular formula is C39H25N5. The molecule has 0 aliphatic carbocycles. The van der Waals surface area contributed by atoms with Gasteiger partial charge in [0.05, 0.1) is 27.8 Å². The summed E-state index contributed by atoms with van der Waals surface area (Å²) in [4.78, 5) is 14.7. The molecule has 0 aliphatic heterocycles. The van der Waals surface area contributed by atoms with E-state index in [4.69, 9.17) is 9.97 Å². The van der Waals surface area contributed by atoms with Crippen LogP contribution >= 0.6 is 0 Å². The monoisotopic (exact) mass is 563 g/mol. The zero-order chi connectivity index (χ0) is 29.0. The van der Waals surface area contributed by atoms with Crippen LogP contribution in [0.2, 0.25) is 0 Å². The van der Waals surface area contributed by atoms with Crippen LogP contribution in [0.5, 0.6) is 0 Å². The van der Waals surface area contributed by atoms with Crippen LogP contribution in [0.15, 0.2) is 152 Å². The van der Waals surface area contributed by atoms with Crippen molar-refractivity contribution >= 4 is 43.6 Å². The highest BCUT2D eigenvalue weighted by Crippen LogP contribution is 2.38. The van der Waals surface area contributed by atoms with Crippen molar-refractivity contribution in [3.63, 3.8) is 0 Å². The number of hydrogen-bond acceptors (Lipinski definition) is 3. The molecule has 0 saturated carbocycles. The minimum absolute atomic E-state index is 0.675. The molecule has 0 fully saturated rings. The van der Waals surface area contributed by atoms with Gasteiger partial charge in [0.25, 0.3) is 0 Å². The van der Waals surface area contributed by atoms with Crippen molar-refractivity contribution in [1.29, 1.82) is 0 Å². The Morgan fingerprint density at radius 3 is 2.14 bits per heavy atom. The topological polar surface area (TPSA) is 48.5 Å². The van der Waals surface area contributed by atoms with Crippen molar-refractivity contribution in [1.82, 2.24) is 24.1 Å². The Hall–Kier alpha value is -6.07. The summed E-state index contributed by atoms with van der Waals surface area (Å²) in [6.45, 7) is 0. The van der Waals surface area contributed by atoms with Gasteiger partial charge in [0.15, 0.2) is 5.82 Å². The van der Waals surface area contributed by atoms with E-state index in [-0.39, 0.29) is 0 Å². The number of benzene rings is 5. The molecule has 9 aromatic rings. The number of aromatic nitrogens is 5. The highest BCUT2D eigenvalue weighted by molar-refractivity contribution is 6.21.